The molecule has 3 aliphatic rings. The minimum Gasteiger partial charge on any atom is -0.480 e. The zero-order valence-electron chi connectivity index (χ0n) is 27.6. The molecular formula is C32H43FN4O12. The van der Waals surface area contributed by atoms with Crippen LogP contribution in [0.4, 0.5) is 14.0 Å². The Bertz CT molecular complexity index is 1490. The average Bonchev–Trinajstić information content (AvgIpc) is 3.46. The number of fused-ring (bicyclic) bond motifs is 2. The molecule has 17 heteroatoms. The quantitative estimate of drug-likeness (QED) is 0.174. The molecule has 0 aliphatic carbocycles. The van der Waals surface area contributed by atoms with Gasteiger partial charge in [-0.3, -0.25) is 9.59 Å². The van der Waals surface area contributed by atoms with Crippen molar-refractivity contribution in [3.63, 3.8) is 0 Å². The SMILES string of the molecule is CC1C=CCCCCCC(NC(=O)OC(C)(C)C)C(=O)N2CC(OC(=O)N3C(O)(O)c4cccc(F)c4C3(O)O)CC2C(=O)NC1C(=O)O. The molecule has 16 nitrogen and oxygen atoms in total. The van der Waals surface area contributed by atoms with Gasteiger partial charge in [0, 0.05) is 17.9 Å². The van der Waals surface area contributed by atoms with Gasteiger partial charge in [-0.05, 0) is 46.1 Å². The van der Waals surface area contributed by atoms with Crippen molar-refractivity contribution in [1.82, 2.24) is 20.4 Å². The van der Waals surface area contributed by atoms with Gasteiger partial charge in [-0.25, -0.2) is 18.8 Å². The van der Waals surface area contributed by atoms with Crippen LogP contribution in [0.1, 0.15) is 77.3 Å². The Labute approximate surface area is 281 Å². The summed E-state index contributed by atoms with van der Waals surface area (Å²) in [7, 11) is 0. The zero-order chi connectivity index (χ0) is 36.5. The molecule has 0 bridgehead atoms. The van der Waals surface area contributed by atoms with Gasteiger partial charge in [-0.2, -0.15) is 4.90 Å². The predicted octanol–water partition coefficient (Wildman–Crippen LogP) is 1.06. The molecule has 270 valence electrons. The van der Waals surface area contributed by atoms with Gasteiger partial charge in [0.15, 0.2) is 0 Å². The molecule has 1 aromatic rings. The van der Waals surface area contributed by atoms with Gasteiger partial charge < -0.3 is 50.5 Å². The maximum absolute atomic E-state index is 14.6. The van der Waals surface area contributed by atoms with Gasteiger partial charge in [-0.1, -0.05) is 44.1 Å². The topological polar surface area (TPSA) is 235 Å². The molecule has 4 rings (SSSR count). The highest BCUT2D eigenvalue weighted by molar-refractivity contribution is 5.93. The van der Waals surface area contributed by atoms with Crippen LogP contribution >= 0.6 is 0 Å². The van der Waals surface area contributed by atoms with Crippen LogP contribution < -0.4 is 10.6 Å². The normalized spacial score (nSPS) is 27.2. The van der Waals surface area contributed by atoms with E-state index in [0.717, 1.165) is 23.1 Å². The van der Waals surface area contributed by atoms with Gasteiger partial charge in [0.05, 0.1) is 12.1 Å². The summed E-state index contributed by atoms with van der Waals surface area (Å²) in [6.07, 6.45) is 1.54. The number of aliphatic carboxylic acids is 1. The maximum Gasteiger partial charge on any atom is 0.419 e. The Balaban J connectivity index is 1.65. The molecular weight excluding hydrogens is 651 g/mol. The third kappa shape index (κ3) is 8.12. The summed E-state index contributed by atoms with van der Waals surface area (Å²) in [4.78, 5) is 66.7. The van der Waals surface area contributed by atoms with Crippen LogP contribution in [0.2, 0.25) is 0 Å². The highest BCUT2D eigenvalue weighted by Crippen LogP contribution is 2.46. The number of rotatable bonds is 3. The van der Waals surface area contributed by atoms with Crippen molar-refractivity contribution in [2.75, 3.05) is 6.54 Å². The summed E-state index contributed by atoms with van der Waals surface area (Å²) in [6, 6.07) is -1.26. The molecule has 3 aliphatic heterocycles. The number of carbonyl (C=O) groups is 5. The fourth-order valence-electron chi connectivity index (χ4n) is 6.20. The van der Waals surface area contributed by atoms with Crippen molar-refractivity contribution in [3.05, 3.63) is 47.3 Å². The van der Waals surface area contributed by atoms with Crippen molar-refractivity contribution in [2.24, 2.45) is 5.92 Å². The highest BCUT2D eigenvalue weighted by Gasteiger charge is 2.62. The lowest BCUT2D eigenvalue weighted by molar-refractivity contribution is -0.362. The van der Waals surface area contributed by atoms with Crippen molar-refractivity contribution < 1.29 is 63.4 Å². The molecule has 0 spiro atoms. The summed E-state index contributed by atoms with van der Waals surface area (Å²) < 4.78 is 25.3. The molecule has 0 saturated carbocycles. The number of nitrogens with zero attached hydrogens (tertiary/aromatic N) is 2. The highest BCUT2D eigenvalue weighted by atomic mass is 19.1. The van der Waals surface area contributed by atoms with Crippen LogP contribution in [0.15, 0.2) is 30.4 Å². The summed E-state index contributed by atoms with van der Waals surface area (Å²) >= 11 is 0. The van der Waals surface area contributed by atoms with Crippen molar-refractivity contribution in [2.45, 2.75) is 108 Å². The summed E-state index contributed by atoms with van der Waals surface area (Å²) in [6.45, 7) is 5.98. The van der Waals surface area contributed by atoms with Gasteiger partial charge in [-0.15, -0.1) is 0 Å². The zero-order valence-corrected chi connectivity index (χ0v) is 27.6. The summed E-state index contributed by atoms with van der Waals surface area (Å²) in [5.41, 5.74) is -2.66. The average molecular weight is 695 g/mol. The lowest BCUT2D eigenvalue weighted by Crippen LogP contribution is -2.56. The molecule has 0 aromatic heterocycles. The lowest BCUT2D eigenvalue weighted by Gasteiger charge is -2.34. The Kier molecular flexibility index (Phi) is 10.9. The fourth-order valence-corrected chi connectivity index (χ4v) is 6.20. The molecule has 1 fully saturated rings. The smallest absolute Gasteiger partial charge is 0.419 e. The van der Waals surface area contributed by atoms with Crippen LogP contribution in [0.3, 0.4) is 0 Å². The van der Waals surface area contributed by atoms with E-state index in [4.69, 9.17) is 9.47 Å². The van der Waals surface area contributed by atoms with E-state index in [-0.39, 0.29) is 11.3 Å². The van der Waals surface area contributed by atoms with Gasteiger partial charge in [0.1, 0.15) is 35.6 Å². The van der Waals surface area contributed by atoms with E-state index in [9.17, 15) is 53.9 Å². The van der Waals surface area contributed by atoms with E-state index in [0.29, 0.717) is 25.7 Å². The number of amides is 4. The van der Waals surface area contributed by atoms with Gasteiger partial charge in [0.25, 0.3) is 11.8 Å². The first kappa shape index (κ1) is 37.5. The third-order valence-electron chi connectivity index (χ3n) is 8.51. The van der Waals surface area contributed by atoms with E-state index in [1.165, 1.54) is 0 Å². The van der Waals surface area contributed by atoms with Crippen LogP contribution in [-0.2, 0) is 35.7 Å². The van der Waals surface area contributed by atoms with E-state index < -0.39 is 107 Å². The third-order valence-corrected chi connectivity index (χ3v) is 8.51. The first-order valence-corrected chi connectivity index (χ1v) is 16.0. The number of carboxylic acids is 1. The second-order valence-corrected chi connectivity index (χ2v) is 13.5. The second kappa shape index (κ2) is 14.3. The second-order valence-electron chi connectivity index (χ2n) is 13.5. The standard InChI is InChI=1S/C32H43FN4O12/c1-17-11-8-6-5-7-9-14-21(34-28(42)49-30(2,3)4)26(39)36-16-18(15-22(36)25(38)35-24(17)27(40)41)48-29(43)37-31(44,45)19-12-10-13-20(33)23(19)32(37,46)47/h8,10-13,17-18,21-22,24,44-47H,5-7,9,14-16H2,1-4H3,(H,34,42)(H,35,38)(H,40,41). The molecule has 1 aromatic carbocycles. The first-order chi connectivity index (χ1) is 22.8. The summed E-state index contributed by atoms with van der Waals surface area (Å²) in [5, 5.41) is 57.7. The van der Waals surface area contributed by atoms with Crippen LogP contribution in [-0.4, -0.2) is 102 Å². The van der Waals surface area contributed by atoms with Gasteiger partial charge >= 0.3 is 18.2 Å². The summed E-state index contributed by atoms with van der Waals surface area (Å²) in [5.74, 6) is -12.0. The molecule has 0 radical (unpaired) electrons. The van der Waals surface area contributed by atoms with Gasteiger partial charge in [0.2, 0.25) is 11.8 Å². The number of benzene rings is 1. The molecule has 49 heavy (non-hydrogen) atoms. The Morgan fingerprint density at radius 3 is 2.39 bits per heavy atom. The number of ether oxygens (including phenoxy) is 2. The number of alkyl carbamates (subject to hydrolysis) is 1. The molecule has 1 saturated heterocycles. The van der Waals surface area contributed by atoms with Crippen molar-refractivity contribution in [1.29, 1.82) is 0 Å². The fraction of sp³-hybridized carbons (Fsp3) is 0.594. The Morgan fingerprint density at radius 2 is 1.76 bits per heavy atom. The van der Waals surface area contributed by atoms with E-state index in [1.54, 1.807) is 39.8 Å². The van der Waals surface area contributed by atoms with Crippen LogP contribution in [0.5, 0.6) is 0 Å². The molecule has 4 amide bonds. The number of carbonyl (C=O) groups excluding carboxylic acids is 4. The number of carboxylic acid groups (broad SMARTS) is 1. The van der Waals surface area contributed by atoms with E-state index in [2.05, 4.69) is 10.6 Å². The minimum atomic E-state index is -3.59. The van der Waals surface area contributed by atoms with Crippen LogP contribution in [0, 0.1) is 11.7 Å². The molecule has 3 heterocycles. The molecule has 5 unspecified atom stereocenters. The number of nitrogens with one attached hydrogen (secondary N) is 2. The number of hydrogen-bond donors (Lipinski definition) is 7. The van der Waals surface area contributed by atoms with E-state index >= 15 is 0 Å². The minimum absolute atomic E-state index is 0.137. The Morgan fingerprint density at radius 1 is 1.06 bits per heavy atom. The van der Waals surface area contributed by atoms with Crippen molar-refractivity contribution >= 4 is 30.0 Å². The number of allylic oxidation sites excluding steroid dienone is 1. The predicted molar refractivity (Wildman–Crippen MR) is 165 cm³/mol. The van der Waals surface area contributed by atoms with Crippen molar-refractivity contribution in [3.8, 4) is 0 Å². The molecule has 7 N–H and O–H groups in total. The monoisotopic (exact) mass is 694 g/mol. The Hall–Kier alpha value is -4.32. The largest absolute Gasteiger partial charge is 0.480 e. The molecule has 5 atom stereocenters. The lowest BCUT2D eigenvalue weighted by atomic mass is 10.00. The maximum atomic E-state index is 14.6. The van der Waals surface area contributed by atoms with E-state index in [1.807, 2.05) is 0 Å². The number of aliphatic hydroxyl groups is 4. The van der Waals surface area contributed by atoms with Crippen LogP contribution in [0.25, 0.3) is 0 Å². The number of halogens is 1. The first-order valence-electron chi connectivity index (χ1n) is 16.0. The number of hydrogen-bond acceptors (Lipinski definition) is 11.